The molecule has 0 saturated carbocycles. The third-order valence-corrected chi connectivity index (χ3v) is 3.19. The molecule has 0 bridgehead atoms. The maximum atomic E-state index is 8.70. The average Bonchev–Trinajstić information content (AvgIpc) is 2.65. The molecule has 0 spiro atoms. The Morgan fingerprint density at radius 1 is 1.73 bits per heavy atom. The third-order valence-electron chi connectivity index (χ3n) is 3.19. The summed E-state index contributed by atoms with van der Waals surface area (Å²) in [6, 6.07) is 0.347. The number of oxime groups is 1. The van der Waals surface area contributed by atoms with Crippen LogP contribution in [0.2, 0.25) is 0 Å². The molecule has 15 heavy (non-hydrogen) atoms. The standard InChI is InChI=1S/C10H21N3O2/c1-4-8(10(11)12-14)13(3)9-5-6-15-7(9)2/h7-9,14H,4-6H2,1-3H3,(H2,11,12). The van der Waals surface area contributed by atoms with Gasteiger partial charge in [-0.15, -0.1) is 0 Å². The highest BCUT2D eigenvalue weighted by molar-refractivity contribution is 5.85. The molecule has 5 heteroatoms. The van der Waals surface area contributed by atoms with E-state index in [-0.39, 0.29) is 18.0 Å². The van der Waals surface area contributed by atoms with Crippen LogP contribution in [0.25, 0.3) is 0 Å². The molecule has 1 saturated heterocycles. The van der Waals surface area contributed by atoms with Gasteiger partial charge in [-0.2, -0.15) is 0 Å². The van der Waals surface area contributed by atoms with Gasteiger partial charge in [-0.25, -0.2) is 0 Å². The molecule has 88 valence electrons. The van der Waals surface area contributed by atoms with Gasteiger partial charge < -0.3 is 15.7 Å². The van der Waals surface area contributed by atoms with Crippen LogP contribution in [-0.2, 0) is 4.74 Å². The minimum atomic E-state index is -0.0100. The lowest BCUT2D eigenvalue weighted by molar-refractivity contribution is 0.0763. The first-order valence-electron chi connectivity index (χ1n) is 5.42. The molecule has 0 radical (unpaired) electrons. The molecule has 0 aromatic heterocycles. The van der Waals surface area contributed by atoms with E-state index < -0.39 is 0 Å². The number of amidine groups is 1. The van der Waals surface area contributed by atoms with Crippen LogP contribution in [0.4, 0.5) is 0 Å². The summed E-state index contributed by atoms with van der Waals surface area (Å²) in [4.78, 5) is 2.15. The zero-order valence-electron chi connectivity index (χ0n) is 9.68. The Bertz CT molecular complexity index is 233. The monoisotopic (exact) mass is 215 g/mol. The second-order valence-electron chi connectivity index (χ2n) is 4.05. The Labute approximate surface area is 90.9 Å². The first-order chi connectivity index (χ1) is 7.11. The largest absolute Gasteiger partial charge is 0.409 e. The molecular formula is C10H21N3O2. The molecule has 0 aromatic carbocycles. The van der Waals surface area contributed by atoms with Gasteiger partial charge in [0.2, 0.25) is 0 Å². The lowest BCUT2D eigenvalue weighted by Gasteiger charge is -2.32. The SMILES string of the molecule is CCC(C(N)=NO)N(C)C1CCOC1C. The first kappa shape index (κ1) is 12.3. The van der Waals surface area contributed by atoms with E-state index in [2.05, 4.69) is 17.0 Å². The van der Waals surface area contributed by atoms with Crippen molar-refractivity contribution < 1.29 is 9.94 Å². The molecule has 3 atom stereocenters. The van der Waals surface area contributed by atoms with Crippen molar-refractivity contribution in [2.24, 2.45) is 10.9 Å². The minimum absolute atomic E-state index is 0.0100. The Morgan fingerprint density at radius 2 is 2.40 bits per heavy atom. The van der Waals surface area contributed by atoms with Crippen molar-refractivity contribution >= 4 is 5.84 Å². The zero-order valence-corrected chi connectivity index (χ0v) is 9.68. The van der Waals surface area contributed by atoms with Crippen LogP contribution in [0.3, 0.4) is 0 Å². The number of nitrogens with two attached hydrogens (primary N) is 1. The molecule has 1 heterocycles. The quantitative estimate of drug-likeness (QED) is 0.312. The van der Waals surface area contributed by atoms with Gasteiger partial charge in [-0.05, 0) is 26.8 Å². The molecule has 1 rings (SSSR count). The van der Waals surface area contributed by atoms with Crippen LogP contribution in [0.1, 0.15) is 26.7 Å². The molecule has 1 fully saturated rings. The van der Waals surface area contributed by atoms with E-state index in [1.807, 2.05) is 14.0 Å². The van der Waals surface area contributed by atoms with Crippen molar-refractivity contribution in [3.8, 4) is 0 Å². The van der Waals surface area contributed by atoms with Gasteiger partial charge >= 0.3 is 0 Å². The maximum Gasteiger partial charge on any atom is 0.156 e. The highest BCUT2D eigenvalue weighted by atomic mass is 16.5. The zero-order chi connectivity index (χ0) is 11.4. The van der Waals surface area contributed by atoms with E-state index in [1.54, 1.807) is 0 Å². The fourth-order valence-corrected chi connectivity index (χ4v) is 2.26. The van der Waals surface area contributed by atoms with Crippen LogP contribution in [-0.4, -0.2) is 47.8 Å². The molecule has 1 aliphatic heterocycles. The molecule has 3 unspecified atom stereocenters. The summed E-state index contributed by atoms with van der Waals surface area (Å²) in [5.41, 5.74) is 5.66. The predicted molar refractivity (Wildman–Crippen MR) is 59.1 cm³/mol. The van der Waals surface area contributed by atoms with Crippen LogP contribution in [0.5, 0.6) is 0 Å². The Balaban J connectivity index is 2.67. The fraction of sp³-hybridized carbons (Fsp3) is 0.900. The van der Waals surface area contributed by atoms with Crippen LogP contribution in [0, 0.1) is 0 Å². The molecule has 0 aliphatic carbocycles. The van der Waals surface area contributed by atoms with Gasteiger partial charge in [0.1, 0.15) is 0 Å². The summed E-state index contributed by atoms with van der Waals surface area (Å²) in [5, 5.41) is 11.8. The van der Waals surface area contributed by atoms with Gasteiger partial charge in [0.15, 0.2) is 5.84 Å². The summed E-state index contributed by atoms with van der Waals surface area (Å²) in [6.07, 6.45) is 2.05. The van der Waals surface area contributed by atoms with E-state index in [9.17, 15) is 0 Å². The lowest BCUT2D eigenvalue weighted by atomic mass is 10.1. The summed E-state index contributed by atoms with van der Waals surface area (Å²) in [5.74, 6) is 0.277. The number of hydrogen-bond acceptors (Lipinski definition) is 4. The molecule has 3 N–H and O–H groups in total. The van der Waals surface area contributed by atoms with Gasteiger partial charge in [-0.3, -0.25) is 4.90 Å². The summed E-state index contributed by atoms with van der Waals surface area (Å²) >= 11 is 0. The van der Waals surface area contributed by atoms with Crippen molar-refractivity contribution in [2.45, 2.75) is 44.9 Å². The van der Waals surface area contributed by atoms with E-state index in [0.717, 1.165) is 19.4 Å². The topological polar surface area (TPSA) is 71.1 Å². The lowest BCUT2D eigenvalue weighted by Crippen LogP contribution is -2.49. The minimum Gasteiger partial charge on any atom is -0.409 e. The number of nitrogens with zero attached hydrogens (tertiary/aromatic N) is 2. The maximum absolute atomic E-state index is 8.70. The van der Waals surface area contributed by atoms with Crippen molar-refractivity contribution in [3.63, 3.8) is 0 Å². The van der Waals surface area contributed by atoms with Gasteiger partial charge in [0.05, 0.1) is 12.1 Å². The fourth-order valence-electron chi connectivity index (χ4n) is 2.26. The second kappa shape index (κ2) is 5.32. The van der Waals surface area contributed by atoms with Crippen molar-refractivity contribution in [2.75, 3.05) is 13.7 Å². The van der Waals surface area contributed by atoms with Crippen molar-refractivity contribution in [3.05, 3.63) is 0 Å². The van der Waals surface area contributed by atoms with E-state index in [0.29, 0.717) is 6.04 Å². The van der Waals surface area contributed by atoms with Crippen molar-refractivity contribution in [1.82, 2.24) is 4.90 Å². The second-order valence-corrected chi connectivity index (χ2v) is 4.05. The van der Waals surface area contributed by atoms with E-state index >= 15 is 0 Å². The Hall–Kier alpha value is -0.810. The van der Waals surface area contributed by atoms with E-state index in [4.69, 9.17) is 15.7 Å². The summed E-state index contributed by atoms with van der Waals surface area (Å²) in [6.45, 7) is 4.88. The van der Waals surface area contributed by atoms with Crippen LogP contribution in [0.15, 0.2) is 5.16 Å². The predicted octanol–water partition coefficient (Wildman–Crippen LogP) is 0.621. The molecule has 0 amide bonds. The van der Waals surface area contributed by atoms with Gasteiger partial charge in [0.25, 0.3) is 0 Å². The number of likely N-dealkylation sites (N-methyl/N-ethyl adjacent to an activating group) is 1. The highest BCUT2D eigenvalue weighted by Gasteiger charge is 2.32. The average molecular weight is 215 g/mol. The van der Waals surface area contributed by atoms with Crippen molar-refractivity contribution in [1.29, 1.82) is 0 Å². The number of ether oxygens (including phenoxy) is 1. The van der Waals surface area contributed by atoms with E-state index in [1.165, 1.54) is 0 Å². The summed E-state index contributed by atoms with van der Waals surface area (Å²) < 4.78 is 5.51. The number of rotatable bonds is 4. The molecule has 5 nitrogen and oxygen atoms in total. The third kappa shape index (κ3) is 2.60. The normalized spacial score (nSPS) is 29.7. The number of hydrogen-bond donors (Lipinski definition) is 2. The Morgan fingerprint density at radius 3 is 2.80 bits per heavy atom. The molecular weight excluding hydrogens is 194 g/mol. The highest BCUT2D eigenvalue weighted by Crippen LogP contribution is 2.21. The Kier molecular flexibility index (Phi) is 4.35. The summed E-state index contributed by atoms with van der Waals surface area (Å²) in [7, 11) is 2.00. The van der Waals surface area contributed by atoms with Crippen LogP contribution >= 0.6 is 0 Å². The molecule has 1 aliphatic rings. The van der Waals surface area contributed by atoms with Crippen LogP contribution < -0.4 is 5.73 Å². The van der Waals surface area contributed by atoms with Gasteiger partial charge in [-0.1, -0.05) is 12.1 Å². The molecule has 0 aromatic rings. The van der Waals surface area contributed by atoms with Gasteiger partial charge in [0, 0.05) is 12.6 Å². The smallest absolute Gasteiger partial charge is 0.156 e. The first-order valence-corrected chi connectivity index (χ1v) is 5.42.